The topological polar surface area (TPSA) is 111 Å². The van der Waals surface area contributed by atoms with Crippen molar-refractivity contribution >= 4 is 6.29 Å². The summed E-state index contributed by atoms with van der Waals surface area (Å²) >= 11 is 0. The van der Waals surface area contributed by atoms with Gasteiger partial charge in [-0.25, -0.2) is 4.79 Å². The maximum atomic E-state index is 12.5. The maximum Gasteiger partial charge on any atom is 0.330 e. The number of nitrogens with zero attached hydrogens (tertiary/aromatic N) is 1. The minimum absolute atomic E-state index is 0.0628. The fourth-order valence-electron chi connectivity index (χ4n) is 5.06. The number of aromatic amines is 1. The summed E-state index contributed by atoms with van der Waals surface area (Å²) in [4.78, 5) is 38.7. The van der Waals surface area contributed by atoms with Crippen LogP contribution in [0.1, 0.15) is 28.5 Å². The predicted molar refractivity (Wildman–Crippen MR) is 141 cm³/mol. The monoisotopic (exact) mass is 512 g/mol. The van der Waals surface area contributed by atoms with E-state index in [0.29, 0.717) is 6.29 Å². The van der Waals surface area contributed by atoms with E-state index in [0.717, 1.165) is 21.3 Å². The highest BCUT2D eigenvalue weighted by molar-refractivity contribution is 5.56. The highest BCUT2D eigenvalue weighted by atomic mass is 16.6. The molecule has 2 heterocycles. The number of carbonyl (C=O) groups is 1. The van der Waals surface area contributed by atoms with Gasteiger partial charge < -0.3 is 19.4 Å². The van der Waals surface area contributed by atoms with Crippen LogP contribution in [-0.2, 0) is 19.9 Å². The molecule has 38 heavy (non-hydrogen) atoms. The van der Waals surface area contributed by atoms with Gasteiger partial charge in [-0.2, -0.15) is 0 Å². The lowest BCUT2D eigenvalue weighted by Gasteiger charge is -2.37. The molecule has 0 radical (unpaired) electrons. The zero-order valence-corrected chi connectivity index (χ0v) is 20.8. The zero-order valence-electron chi connectivity index (χ0n) is 20.8. The minimum atomic E-state index is -1.32. The number of hydrogen-bond donors (Lipinski definition) is 2. The van der Waals surface area contributed by atoms with Crippen LogP contribution in [0.3, 0.4) is 0 Å². The van der Waals surface area contributed by atoms with E-state index in [9.17, 15) is 19.5 Å². The Labute approximate surface area is 219 Å². The number of aldehydes is 1. The molecule has 1 aliphatic heterocycles. The van der Waals surface area contributed by atoms with E-state index in [1.807, 2.05) is 91.0 Å². The van der Waals surface area contributed by atoms with Crippen LogP contribution in [0.2, 0.25) is 0 Å². The Morgan fingerprint density at radius 2 is 1.42 bits per heavy atom. The quantitative estimate of drug-likeness (QED) is 0.278. The predicted octanol–water partition coefficient (Wildman–Crippen LogP) is 2.93. The number of benzene rings is 3. The van der Waals surface area contributed by atoms with Crippen LogP contribution in [0, 0.1) is 12.8 Å². The molecule has 2 N–H and O–H groups in total. The molecule has 0 saturated carbocycles. The fraction of sp³-hybridized carbons (Fsp3) is 0.233. The van der Waals surface area contributed by atoms with Gasteiger partial charge in [-0.3, -0.25) is 14.3 Å². The largest absolute Gasteiger partial charge is 0.388 e. The van der Waals surface area contributed by atoms with Crippen LogP contribution in [0.4, 0.5) is 0 Å². The maximum absolute atomic E-state index is 12.5. The third kappa shape index (κ3) is 4.54. The summed E-state index contributed by atoms with van der Waals surface area (Å²) in [7, 11) is 0. The van der Waals surface area contributed by atoms with E-state index in [1.54, 1.807) is 6.92 Å². The van der Waals surface area contributed by atoms with Crippen LogP contribution in [-0.4, -0.2) is 39.8 Å². The molecule has 8 nitrogen and oxygen atoms in total. The summed E-state index contributed by atoms with van der Waals surface area (Å²) in [5.41, 5.74) is 0.605. The molecule has 8 heteroatoms. The van der Waals surface area contributed by atoms with Gasteiger partial charge in [0.05, 0.1) is 18.6 Å². The SMILES string of the molecule is Cc1cn([C@@H]2OC(COC(c3ccccc3)(c3ccccc3)c3ccccc3)[C@@H](C=O)[C@H]2O)c(=O)[nH]c1=O. The van der Waals surface area contributed by atoms with Crippen molar-refractivity contribution < 1.29 is 19.4 Å². The van der Waals surface area contributed by atoms with E-state index < -0.39 is 41.2 Å². The summed E-state index contributed by atoms with van der Waals surface area (Å²) in [5.74, 6) is -0.959. The average Bonchev–Trinajstić information content (AvgIpc) is 3.27. The number of nitrogens with one attached hydrogen (secondary N) is 1. The van der Waals surface area contributed by atoms with Gasteiger partial charge in [0.2, 0.25) is 0 Å². The van der Waals surface area contributed by atoms with E-state index in [2.05, 4.69) is 4.98 Å². The molecule has 194 valence electrons. The minimum Gasteiger partial charge on any atom is -0.388 e. The van der Waals surface area contributed by atoms with Crippen LogP contribution in [0.15, 0.2) is 107 Å². The van der Waals surface area contributed by atoms with Gasteiger partial charge in [0, 0.05) is 11.8 Å². The summed E-state index contributed by atoms with van der Waals surface area (Å²) in [6, 6.07) is 29.3. The molecule has 4 aromatic rings. The lowest BCUT2D eigenvalue weighted by atomic mass is 9.80. The molecule has 3 aromatic carbocycles. The molecule has 0 bridgehead atoms. The molecule has 0 aliphatic carbocycles. The number of aryl methyl sites for hydroxylation is 1. The molecular formula is C30H28N2O6. The molecule has 0 spiro atoms. The number of hydrogen-bond acceptors (Lipinski definition) is 6. The van der Waals surface area contributed by atoms with Crippen molar-refractivity contribution in [3.63, 3.8) is 0 Å². The van der Waals surface area contributed by atoms with Crippen molar-refractivity contribution in [1.82, 2.24) is 9.55 Å². The van der Waals surface area contributed by atoms with E-state index >= 15 is 0 Å². The van der Waals surface area contributed by atoms with Gasteiger partial charge in [0.1, 0.15) is 18.0 Å². The van der Waals surface area contributed by atoms with Gasteiger partial charge in [0.15, 0.2) is 6.23 Å². The number of aromatic nitrogens is 2. The molecule has 1 aliphatic rings. The highest BCUT2D eigenvalue weighted by Crippen LogP contribution is 2.42. The molecular weight excluding hydrogens is 484 g/mol. The van der Waals surface area contributed by atoms with Crippen molar-refractivity contribution in [2.24, 2.45) is 5.92 Å². The van der Waals surface area contributed by atoms with E-state index in [-0.39, 0.29) is 12.2 Å². The van der Waals surface area contributed by atoms with Crippen LogP contribution in [0.5, 0.6) is 0 Å². The van der Waals surface area contributed by atoms with E-state index in [1.165, 1.54) is 6.20 Å². The molecule has 5 rings (SSSR count). The highest BCUT2D eigenvalue weighted by Gasteiger charge is 2.47. The average molecular weight is 513 g/mol. The lowest BCUT2D eigenvalue weighted by molar-refractivity contribution is -0.117. The van der Waals surface area contributed by atoms with Crippen molar-refractivity contribution in [3.05, 3.63) is 140 Å². The summed E-state index contributed by atoms with van der Waals surface area (Å²) in [6.07, 6.45) is -1.40. The second-order valence-electron chi connectivity index (χ2n) is 9.34. The third-order valence-electron chi connectivity index (χ3n) is 7.01. The second kappa shape index (κ2) is 10.7. The van der Waals surface area contributed by atoms with Crippen LogP contribution >= 0.6 is 0 Å². The first-order chi connectivity index (χ1) is 18.5. The van der Waals surface area contributed by atoms with Crippen molar-refractivity contribution in [2.45, 2.75) is 31.0 Å². The molecule has 1 fully saturated rings. The van der Waals surface area contributed by atoms with Crippen LogP contribution in [0.25, 0.3) is 0 Å². The van der Waals surface area contributed by atoms with Gasteiger partial charge >= 0.3 is 5.69 Å². The number of H-pyrrole nitrogens is 1. The molecule has 0 amide bonds. The summed E-state index contributed by atoms with van der Waals surface area (Å²) < 4.78 is 14.0. The number of carbonyl (C=O) groups excluding carboxylic acids is 1. The van der Waals surface area contributed by atoms with Crippen molar-refractivity contribution in [1.29, 1.82) is 0 Å². The number of aliphatic hydroxyl groups excluding tert-OH is 1. The Balaban J connectivity index is 1.55. The lowest BCUT2D eigenvalue weighted by Crippen LogP contribution is -2.38. The van der Waals surface area contributed by atoms with Gasteiger partial charge in [-0.05, 0) is 23.6 Å². The van der Waals surface area contributed by atoms with Crippen molar-refractivity contribution in [3.8, 4) is 0 Å². The number of rotatable bonds is 8. The zero-order chi connectivity index (χ0) is 26.7. The Kier molecular flexibility index (Phi) is 7.20. The summed E-state index contributed by atoms with van der Waals surface area (Å²) in [6.45, 7) is 1.48. The van der Waals surface area contributed by atoms with Crippen molar-refractivity contribution in [2.75, 3.05) is 6.61 Å². The Bertz CT molecular complexity index is 1400. The first kappa shape index (κ1) is 25.5. The fourth-order valence-corrected chi connectivity index (χ4v) is 5.06. The smallest absolute Gasteiger partial charge is 0.330 e. The van der Waals surface area contributed by atoms with Gasteiger partial charge in [0.25, 0.3) is 5.56 Å². The first-order valence-electron chi connectivity index (χ1n) is 12.4. The second-order valence-corrected chi connectivity index (χ2v) is 9.34. The molecule has 1 saturated heterocycles. The molecule has 1 aromatic heterocycles. The normalized spacial score (nSPS) is 21.3. The summed E-state index contributed by atoms with van der Waals surface area (Å²) in [5, 5.41) is 11.0. The van der Waals surface area contributed by atoms with E-state index in [4.69, 9.17) is 9.47 Å². The molecule has 1 unspecified atom stereocenters. The number of ether oxygens (including phenoxy) is 2. The van der Waals surface area contributed by atoms with Crippen LogP contribution < -0.4 is 11.2 Å². The molecule has 4 atom stereocenters. The third-order valence-corrected chi connectivity index (χ3v) is 7.01. The van der Waals surface area contributed by atoms with Gasteiger partial charge in [-0.15, -0.1) is 0 Å². The van der Waals surface area contributed by atoms with Gasteiger partial charge in [-0.1, -0.05) is 91.0 Å². The number of aliphatic hydroxyl groups is 1. The first-order valence-corrected chi connectivity index (χ1v) is 12.4. The Morgan fingerprint density at radius 3 is 1.89 bits per heavy atom. The Hall–Kier alpha value is -4.11. The standard InChI is InChI=1S/C30H28N2O6/c1-20-17-32(29(36)31-27(20)35)28-26(34)24(18-33)25(38-28)19-37-30(21-11-5-2-6-12-21,22-13-7-3-8-14-22)23-15-9-4-10-16-23/h2-18,24-26,28,34H,19H2,1H3,(H,31,35,36)/t24-,25?,26-,28-/m1/s1. The Morgan fingerprint density at radius 1 is 0.921 bits per heavy atom.